The molecule has 1 amide bonds. The minimum Gasteiger partial charge on any atom is -0.396 e. The topological polar surface area (TPSA) is 92.5 Å². The van der Waals surface area contributed by atoms with E-state index in [1.807, 2.05) is 0 Å². The monoisotopic (exact) mass is 292 g/mol. The zero-order chi connectivity index (χ0) is 15.4. The highest BCUT2D eigenvalue weighted by molar-refractivity contribution is 5.94. The Bertz CT molecular complexity index is 544. The van der Waals surface area contributed by atoms with Crippen molar-refractivity contribution in [3.05, 3.63) is 39.4 Å². The average molecular weight is 292 g/mol. The number of aliphatic hydroxyl groups excluding tert-OH is 1. The molecule has 1 saturated carbocycles. The zero-order valence-electron chi connectivity index (χ0n) is 12.0. The van der Waals surface area contributed by atoms with E-state index in [2.05, 4.69) is 5.32 Å². The van der Waals surface area contributed by atoms with Crippen molar-refractivity contribution < 1.29 is 14.8 Å². The Hall–Kier alpha value is -1.95. The Labute approximate surface area is 123 Å². The van der Waals surface area contributed by atoms with Gasteiger partial charge in [0.2, 0.25) is 0 Å². The third-order valence-electron chi connectivity index (χ3n) is 4.12. The van der Waals surface area contributed by atoms with Gasteiger partial charge in [-0.3, -0.25) is 14.9 Å². The van der Waals surface area contributed by atoms with Crippen molar-refractivity contribution >= 4 is 11.6 Å². The fraction of sp³-hybridized carbons (Fsp3) is 0.533. The molecule has 0 saturated heterocycles. The van der Waals surface area contributed by atoms with E-state index >= 15 is 0 Å². The van der Waals surface area contributed by atoms with Crippen LogP contribution in [0.25, 0.3) is 0 Å². The lowest BCUT2D eigenvalue weighted by Gasteiger charge is -2.30. The van der Waals surface area contributed by atoms with Gasteiger partial charge in [0.05, 0.1) is 4.92 Å². The third kappa shape index (κ3) is 3.58. The van der Waals surface area contributed by atoms with Crippen LogP contribution in [0.15, 0.2) is 18.2 Å². The minimum absolute atomic E-state index is 0.0115. The van der Waals surface area contributed by atoms with Gasteiger partial charge in [0.25, 0.3) is 11.6 Å². The number of aryl methyl sites for hydroxylation is 1. The molecule has 2 unspecified atom stereocenters. The summed E-state index contributed by atoms with van der Waals surface area (Å²) in [5.41, 5.74) is 0.896. The average Bonchev–Trinajstić information content (AvgIpc) is 2.47. The van der Waals surface area contributed by atoms with Crippen LogP contribution in [0.2, 0.25) is 0 Å². The molecule has 1 aliphatic carbocycles. The highest BCUT2D eigenvalue weighted by Crippen LogP contribution is 2.25. The third-order valence-corrected chi connectivity index (χ3v) is 4.12. The van der Waals surface area contributed by atoms with Gasteiger partial charge in [-0.2, -0.15) is 0 Å². The van der Waals surface area contributed by atoms with Gasteiger partial charge in [-0.25, -0.2) is 0 Å². The SMILES string of the molecule is Cc1cc(C(=O)NC2CCCCC2CO)ccc1[N+](=O)[O-]. The molecular formula is C15H20N2O4. The molecule has 6 heteroatoms. The van der Waals surface area contributed by atoms with Crippen molar-refractivity contribution in [3.8, 4) is 0 Å². The lowest BCUT2D eigenvalue weighted by Crippen LogP contribution is -2.43. The largest absolute Gasteiger partial charge is 0.396 e. The van der Waals surface area contributed by atoms with Crippen LogP contribution in [-0.4, -0.2) is 28.6 Å². The Kier molecular flexibility index (Phi) is 4.90. The van der Waals surface area contributed by atoms with Crippen LogP contribution in [0.5, 0.6) is 0 Å². The van der Waals surface area contributed by atoms with Gasteiger partial charge in [0.1, 0.15) is 0 Å². The number of carbonyl (C=O) groups excluding carboxylic acids is 1. The molecule has 0 heterocycles. The molecule has 114 valence electrons. The van der Waals surface area contributed by atoms with Crippen LogP contribution in [0, 0.1) is 23.0 Å². The van der Waals surface area contributed by atoms with E-state index < -0.39 is 4.92 Å². The van der Waals surface area contributed by atoms with Gasteiger partial charge in [-0.05, 0) is 31.9 Å². The molecule has 6 nitrogen and oxygen atoms in total. The first-order chi connectivity index (χ1) is 10.0. The van der Waals surface area contributed by atoms with E-state index in [9.17, 15) is 20.0 Å². The van der Waals surface area contributed by atoms with E-state index in [0.717, 1.165) is 25.7 Å². The maximum atomic E-state index is 12.2. The number of aliphatic hydroxyl groups is 1. The molecule has 2 rings (SSSR count). The second-order valence-corrected chi connectivity index (χ2v) is 5.57. The van der Waals surface area contributed by atoms with Crippen molar-refractivity contribution in [2.45, 2.75) is 38.6 Å². The normalized spacial score (nSPS) is 21.8. The number of nitrogens with one attached hydrogen (secondary N) is 1. The summed E-state index contributed by atoms with van der Waals surface area (Å²) >= 11 is 0. The van der Waals surface area contributed by atoms with Crippen LogP contribution in [-0.2, 0) is 0 Å². The number of carbonyl (C=O) groups is 1. The van der Waals surface area contributed by atoms with Gasteiger partial charge >= 0.3 is 0 Å². The van der Waals surface area contributed by atoms with Gasteiger partial charge in [0.15, 0.2) is 0 Å². The lowest BCUT2D eigenvalue weighted by molar-refractivity contribution is -0.385. The number of rotatable bonds is 4. The number of amides is 1. The highest BCUT2D eigenvalue weighted by atomic mass is 16.6. The Morgan fingerprint density at radius 1 is 1.43 bits per heavy atom. The first-order valence-electron chi connectivity index (χ1n) is 7.19. The highest BCUT2D eigenvalue weighted by Gasteiger charge is 2.26. The van der Waals surface area contributed by atoms with Crippen LogP contribution in [0.3, 0.4) is 0 Å². The molecule has 2 atom stereocenters. The van der Waals surface area contributed by atoms with E-state index in [4.69, 9.17) is 0 Å². The van der Waals surface area contributed by atoms with Gasteiger partial charge in [-0.1, -0.05) is 12.8 Å². The second kappa shape index (κ2) is 6.67. The van der Waals surface area contributed by atoms with E-state index in [1.54, 1.807) is 6.92 Å². The second-order valence-electron chi connectivity index (χ2n) is 5.57. The van der Waals surface area contributed by atoms with Crippen LogP contribution in [0.1, 0.15) is 41.6 Å². The van der Waals surface area contributed by atoms with Gasteiger partial charge in [-0.15, -0.1) is 0 Å². The molecule has 1 aromatic carbocycles. The molecule has 0 radical (unpaired) electrons. The zero-order valence-corrected chi connectivity index (χ0v) is 12.0. The van der Waals surface area contributed by atoms with Crippen LogP contribution < -0.4 is 5.32 Å². The number of hydrogen-bond donors (Lipinski definition) is 2. The van der Waals surface area contributed by atoms with Crippen molar-refractivity contribution in [2.24, 2.45) is 5.92 Å². The molecule has 0 aliphatic heterocycles. The summed E-state index contributed by atoms with van der Waals surface area (Å²) < 4.78 is 0. The van der Waals surface area contributed by atoms with Crippen molar-refractivity contribution in [2.75, 3.05) is 6.61 Å². The number of benzene rings is 1. The summed E-state index contributed by atoms with van der Waals surface area (Å²) in [7, 11) is 0. The molecule has 21 heavy (non-hydrogen) atoms. The Balaban J connectivity index is 2.09. The minimum atomic E-state index is -0.458. The molecule has 1 aromatic rings. The Morgan fingerprint density at radius 3 is 2.76 bits per heavy atom. The van der Waals surface area contributed by atoms with E-state index in [-0.39, 0.29) is 30.2 Å². The van der Waals surface area contributed by atoms with E-state index in [0.29, 0.717) is 11.1 Å². The summed E-state index contributed by atoms with van der Waals surface area (Å²) in [5, 5.41) is 23.1. The first kappa shape index (κ1) is 15.4. The summed E-state index contributed by atoms with van der Waals surface area (Å²) in [6, 6.07) is 4.34. The van der Waals surface area contributed by atoms with Crippen LogP contribution >= 0.6 is 0 Å². The maximum absolute atomic E-state index is 12.2. The standard InChI is InChI=1S/C15H20N2O4/c1-10-8-11(6-7-14(10)17(20)21)15(19)16-13-5-3-2-4-12(13)9-18/h6-8,12-13,18H,2-5,9H2,1H3,(H,16,19). The quantitative estimate of drug-likeness (QED) is 0.657. The predicted octanol–water partition coefficient (Wildman–Crippen LogP) is 2.18. The number of nitro groups is 1. The molecule has 0 bridgehead atoms. The van der Waals surface area contributed by atoms with Crippen molar-refractivity contribution in [1.29, 1.82) is 0 Å². The first-order valence-corrected chi connectivity index (χ1v) is 7.19. The summed E-state index contributed by atoms with van der Waals surface area (Å²) in [6.45, 7) is 1.69. The molecule has 0 spiro atoms. The molecule has 0 aromatic heterocycles. The number of nitrogens with zero attached hydrogens (tertiary/aromatic N) is 1. The predicted molar refractivity (Wildman–Crippen MR) is 78.1 cm³/mol. The van der Waals surface area contributed by atoms with E-state index in [1.165, 1.54) is 18.2 Å². The summed E-state index contributed by atoms with van der Waals surface area (Å²) in [6.07, 6.45) is 3.90. The summed E-state index contributed by atoms with van der Waals surface area (Å²) in [5.74, 6) is -0.139. The molecule has 1 aliphatic rings. The molecule has 1 fully saturated rings. The Morgan fingerprint density at radius 2 is 2.14 bits per heavy atom. The lowest BCUT2D eigenvalue weighted by atomic mass is 9.85. The van der Waals surface area contributed by atoms with Crippen molar-refractivity contribution in [1.82, 2.24) is 5.32 Å². The van der Waals surface area contributed by atoms with Gasteiger partial charge < -0.3 is 10.4 Å². The van der Waals surface area contributed by atoms with Crippen LogP contribution in [0.4, 0.5) is 5.69 Å². The maximum Gasteiger partial charge on any atom is 0.272 e. The fourth-order valence-electron chi connectivity index (χ4n) is 2.87. The molecule has 2 N–H and O–H groups in total. The smallest absolute Gasteiger partial charge is 0.272 e. The molecular weight excluding hydrogens is 272 g/mol. The van der Waals surface area contributed by atoms with Crippen molar-refractivity contribution in [3.63, 3.8) is 0 Å². The van der Waals surface area contributed by atoms with Gasteiger partial charge in [0, 0.05) is 35.8 Å². The number of hydrogen-bond acceptors (Lipinski definition) is 4. The summed E-state index contributed by atoms with van der Waals surface area (Å²) in [4.78, 5) is 22.6. The number of nitro benzene ring substituents is 1. The fourth-order valence-corrected chi connectivity index (χ4v) is 2.87.